The third-order valence-corrected chi connectivity index (χ3v) is 7.86. The monoisotopic (exact) mass is 507 g/mol. The lowest BCUT2D eigenvalue weighted by atomic mass is 10.1. The summed E-state index contributed by atoms with van der Waals surface area (Å²) in [4.78, 5) is 33.3. The van der Waals surface area contributed by atoms with Crippen molar-refractivity contribution in [2.45, 2.75) is 45.7 Å². The van der Waals surface area contributed by atoms with E-state index in [-0.39, 0.29) is 17.2 Å². The molecule has 0 aliphatic heterocycles. The highest BCUT2D eigenvalue weighted by atomic mass is 32.2. The van der Waals surface area contributed by atoms with Crippen molar-refractivity contribution in [3.05, 3.63) is 74.4 Å². The molecule has 0 spiro atoms. The van der Waals surface area contributed by atoms with E-state index >= 15 is 0 Å². The molecule has 0 saturated heterocycles. The van der Waals surface area contributed by atoms with Crippen LogP contribution in [0.3, 0.4) is 0 Å². The number of anilines is 1. The number of aromatic nitrogens is 2. The van der Waals surface area contributed by atoms with Crippen LogP contribution in [0.15, 0.2) is 52.4 Å². The van der Waals surface area contributed by atoms with E-state index < -0.39 is 0 Å². The lowest BCUT2D eigenvalue weighted by Gasteiger charge is -2.13. The fraction of sp³-hybridized carbons (Fsp3) is 0.296. The van der Waals surface area contributed by atoms with Crippen molar-refractivity contribution in [3.8, 4) is 11.4 Å². The lowest BCUT2D eigenvalue weighted by molar-refractivity contribution is -0.113. The maximum atomic E-state index is 13.7. The predicted octanol–water partition coefficient (Wildman–Crippen LogP) is 6.06. The van der Waals surface area contributed by atoms with Crippen molar-refractivity contribution in [3.63, 3.8) is 0 Å². The van der Waals surface area contributed by atoms with Gasteiger partial charge in [-0.15, -0.1) is 11.3 Å². The molecule has 4 rings (SSSR count). The van der Waals surface area contributed by atoms with Gasteiger partial charge in [0.05, 0.1) is 23.9 Å². The second kappa shape index (κ2) is 10.7. The molecule has 2 heterocycles. The molecule has 6 nitrogen and oxygen atoms in total. The number of nitrogens with zero attached hydrogens (tertiary/aromatic N) is 2. The molecule has 0 bridgehead atoms. The molecule has 0 radical (unpaired) electrons. The second-order valence-corrected chi connectivity index (χ2v) is 10.6. The van der Waals surface area contributed by atoms with Gasteiger partial charge in [-0.3, -0.25) is 14.2 Å². The molecule has 182 valence electrons. The number of carbonyl (C=O) groups is 1. The molecule has 0 aliphatic carbocycles. The predicted molar refractivity (Wildman–Crippen MR) is 146 cm³/mol. The van der Waals surface area contributed by atoms with Crippen LogP contribution in [-0.4, -0.2) is 28.3 Å². The normalized spacial score (nSPS) is 11.1. The summed E-state index contributed by atoms with van der Waals surface area (Å²) in [6.45, 7) is 8.12. The Bertz CT molecular complexity index is 1420. The smallest absolute Gasteiger partial charge is 0.267 e. The Labute approximate surface area is 213 Å². The lowest BCUT2D eigenvalue weighted by Crippen LogP contribution is -2.23. The Morgan fingerprint density at radius 3 is 2.43 bits per heavy atom. The molecule has 0 fully saturated rings. The van der Waals surface area contributed by atoms with Crippen LogP contribution in [0, 0.1) is 20.8 Å². The van der Waals surface area contributed by atoms with Gasteiger partial charge in [0, 0.05) is 10.6 Å². The molecule has 0 atom stereocenters. The number of thiophene rings is 1. The van der Waals surface area contributed by atoms with Gasteiger partial charge in [-0.05, 0) is 80.3 Å². The van der Waals surface area contributed by atoms with Crippen LogP contribution in [0.2, 0.25) is 0 Å². The zero-order chi connectivity index (χ0) is 25.1. The van der Waals surface area contributed by atoms with Crippen molar-refractivity contribution < 1.29 is 9.53 Å². The van der Waals surface area contributed by atoms with Crippen molar-refractivity contribution >= 4 is 44.9 Å². The van der Waals surface area contributed by atoms with E-state index in [2.05, 4.69) is 18.3 Å². The second-order valence-electron chi connectivity index (χ2n) is 8.53. The number of carbonyl (C=O) groups excluding carboxylic acids is 1. The Morgan fingerprint density at radius 2 is 1.80 bits per heavy atom. The number of fused-ring (bicyclic) bond motifs is 1. The number of hydrogen-bond donors (Lipinski definition) is 1. The van der Waals surface area contributed by atoms with Gasteiger partial charge in [-0.1, -0.05) is 31.2 Å². The molecular weight excluding hydrogens is 478 g/mol. The summed E-state index contributed by atoms with van der Waals surface area (Å²) in [5.74, 6) is 0.687. The molecule has 35 heavy (non-hydrogen) atoms. The minimum Gasteiger partial charge on any atom is -0.497 e. The zero-order valence-electron chi connectivity index (χ0n) is 20.6. The number of hydrogen-bond acceptors (Lipinski definition) is 6. The fourth-order valence-corrected chi connectivity index (χ4v) is 6.24. The number of methoxy groups -OCH3 is 1. The number of ether oxygens (including phenoxy) is 1. The van der Waals surface area contributed by atoms with E-state index in [0.717, 1.165) is 40.0 Å². The molecule has 2 aromatic heterocycles. The number of nitrogens with one attached hydrogen (secondary N) is 1. The quantitative estimate of drug-likeness (QED) is 0.232. The summed E-state index contributed by atoms with van der Waals surface area (Å²) in [6, 6.07) is 13.2. The first-order valence-electron chi connectivity index (χ1n) is 11.5. The van der Waals surface area contributed by atoms with Crippen LogP contribution in [-0.2, 0) is 11.2 Å². The highest BCUT2D eigenvalue weighted by Crippen LogP contribution is 2.31. The topological polar surface area (TPSA) is 73.2 Å². The Balaban J connectivity index is 1.71. The van der Waals surface area contributed by atoms with Crippen molar-refractivity contribution in [2.75, 3.05) is 18.2 Å². The standard InChI is InChI=1S/C27H29N3O3S2/c1-6-7-22-18(4)24-25(35-22)29-27(30(26(24)32)20-8-10-21(33-5)11-9-20)34-15-23(31)28-19-13-16(2)12-17(3)14-19/h8-14H,6-7,15H2,1-5H3,(H,28,31). The molecule has 4 aromatic rings. The van der Waals surface area contributed by atoms with Gasteiger partial charge in [-0.2, -0.15) is 0 Å². The number of thioether (sulfide) groups is 1. The molecule has 1 N–H and O–H groups in total. The van der Waals surface area contributed by atoms with E-state index in [1.54, 1.807) is 23.0 Å². The summed E-state index contributed by atoms with van der Waals surface area (Å²) in [5, 5.41) is 4.11. The van der Waals surface area contributed by atoms with Crippen LogP contribution in [0.25, 0.3) is 15.9 Å². The van der Waals surface area contributed by atoms with Crippen LogP contribution < -0.4 is 15.6 Å². The highest BCUT2D eigenvalue weighted by molar-refractivity contribution is 7.99. The first kappa shape index (κ1) is 25.0. The Hall–Kier alpha value is -3.10. The van der Waals surface area contributed by atoms with Crippen LogP contribution in [0.1, 0.15) is 34.9 Å². The molecule has 0 unspecified atom stereocenters. The maximum absolute atomic E-state index is 13.7. The SMILES string of the molecule is CCCc1sc2nc(SCC(=O)Nc3cc(C)cc(C)c3)n(-c3ccc(OC)cc3)c(=O)c2c1C. The van der Waals surface area contributed by atoms with Gasteiger partial charge < -0.3 is 10.1 Å². The van der Waals surface area contributed by atoms with Gasteiger partial charge >= 0.3 is 0 Å². The first-order valence-corrected chi connectivity index (χ1v) is 13.3. The number of amides is 1. The van der Waals surface area contributed by atoms with Gasteiger partial charge in [0.2, 0.25) is 5.91 Å². The summed E-state index contributed by atoms with van der Waals surface area (Å²) < 4.78 is 6.88. The molecule has 8 heteroatoms. The van der Waals surface area contributed by atoms with Gasteiger partial charge in [0.15, 0.2) is 5.16 Å². The third kappa shape index (κ3) is 5.44. The van der Waals surface area contributed by atoms with Gasteiger partial charge in [0.25, 0.3) is 5.56 Å². The van der Waals surface area contributed by atoms with Crippen molar-refractivity contribution in [1.29, 1.82) is 0 Å². The first-order chi connectivity index (χ1) is 16.8. The average Bonchev–Trinajstić information content (AvgIpc) is 3.12. The van der Waals surface area contributed by atoms with Crippen molar-refractivity contribution in [2.24, 2.45) is 0 Å². The minimum absolute atomic E-state index is 0.117. The molecule has 1 amide bonds. The average molecular weight is 508 g/mol. The van der Waals surface area contributed by atoms with E-state index in [4.69, 9.17) is 9.72 Å². The van der Waals surface area contributed by atoms with Crippen LogP contribution in [0.4, 0.5) is 5.69 Å². The fourth-order valence-electron chi connectivity index (χ4n) is 4.11. The van der Waals surface area contributed by atoms with Gasteiger partial charge in [0.1, 0.15) is 10.6 Å². The third-order valence-electron chi connectivity index (χ3n) is 5.68. The molecule has 2 aromatic carbocycles. The Morgan fingerprint density at radius 1 is 1.11 bits per heavy atom. The van der Waals surface area contributed by atoms with Crippen LogP contribution >= 0.6 is 23.1 Å². The Kier molecular flexibility index (Phi) is 7.62. The number of aryl methyl sites for hydroxylation is 4. The summed E-state index contributed by atoms with van der Waals surface area (Å²) in [5.41, 5.74) is 4.50. The molecule has 0 aliphatic rings. The summed E-state index contributed by atoms with van der Waals surface area (Å²) in [6.07, 6.45) is 1.91. The van der Waals surface area contributed by atoms with E-state index in [1.807, 2.05) is 57.2 Å². The van der Waals surface area contributed by atoms with Crippen LogP contribution in [0.5, 0.6) is 5.75 Å². The van der Waals surface area contributed by atoms with E-state index in [0.29, 0.717) is 22.0 Å². The summed E-state index contributed by atoms with van der Waals surface area (Å²) >= 11 is 2.83. The van der Waals surface area contributed by atoms with E-state index in [1.165, 1.54) is 16.6 Å². The summed E-state index contributed by atoms with van der Waals surface area (Å²) in [7, 11) is 1.61. The van der Waals surface area contributed by atoms with E-state index in [9.17, 15) is 9.59 Å². The maximum Gasteiger partial charge on any atom is 0.267 e. The van der Waals surface area contributed by atoms with Gasteiger partial charge in [-0.25, -0.2) is 4.98 Å². The molecular formula is C27H29N3O3S2. The largest absolute Gasteiger partial charge is 0.497 e. The number of benzene rings is 2. The number of rotatable bonds is 8. The van der Waals surface area contributed by atoms with Crippen molar-refractivity contribution in [1.82, 2.24) is 9.55 Å². The zero-order valence-corrected chi connectivity index (χ0v) is 22.2. The minimum atomic E-state index is -0.148. The molecule has 0 saturated carbocycles. The highest BCUT2D eigenvalue weighted by Gasteiger charge is 2.20.